The van der Waals surface area contributed by atoms with Crippen LogP contribution in [-0.4, -0.2) is 67.2 Å². The van der Waals surface area contributed by atoms with Gasteiger partial charge >= 0.3 is 0 Å². The van der Waals surface area contributed by atoms with E-state index in [1.807, 2.05) is 11.1 Å². The van der Waals surface area contributed by atoms with Crippen molar-refractivity contribution in [3.63, 3.8) is 0 Å². The Morgan fingerprint density at radius 1 is 0.860 bits per heavy atom. The number of unbranched alkanes of at least 4 members (excludes halogenated alkanes) is 1. The molecule has 0 radical (unpaired) electrons. The van der Waals surface area contributed by atoms with Gasteiger partial charge in [0.1, 0.15) is 5.82 Å². The highest BCUT2D eigenvalue weighted by Gasteiger charge is 2.32. The molecule has 1 fully saturated rings. The van der Waals surface area contributed by atoms with Crippen LogP contribution < -0.4 is 18.9 Å². The molecule has 10 nitrogen and oxygen atoms in total. The van der Waals surface area contributed by atoms with Gasteiger partial charge < -0.3 is 28.3 Å². The van der Waals surface area contributed by atoms with Gasteiger partial charge in [-0.25, -0.2) is 4.39 Å². The second kappa shape index (κ2) is 12.5. The lowest BCUT2D eigenvalue weighted by atomic mass is 10.1. The van der Waals surface area contributed by atoms with Crippen LogP contribution in [-0.2, 0) is 0 Å². The van der Waals surface area contributed by atoms with Crippen LogP contribution in [0.15, 0.2) is 64.0 Å². The van der Waals surface area contributed by atoms with Gasteiger partial charge in [0.15, 0.2) is 23.0 Å². The zero-order chi connectivity index (χ0) is 29.8. The monoisotopic (exact) mass is 586 g/mol. The van der Waals surface area contributed by atoms with Crippen molar-refractivity contribution in [3.05, 3.63) is 66.0 Å². The summed E-state index contributed by atoms with van der Waals surface area (Å²) in [6.07, 6.45) is 5.19. The van der Waals surface area contributed by atoms with Crippen molar-refractivity contribution < 1.29 is 32.5 Å². The summed E-state index contributed by atoms with van der Waals surface area (Å²) < 4.78 is 42.1. The molecule has 0 N–H and O–H groups in total. The van der Waals surface area contributed by atoms with Gasteiger partial charge in [-0.15, -0.1) is 10.2 Å². The number of carbonyl (C=O) groups excluding carboxylic acids is 1. The lowest BCUT2D eigenvalue weighted by molar-refractivity contribution is 0.0774. The molecule has 3 aromatic carbocycles. The van der Waals surface area contributed by atoms with Crippen molar-refractivity contribution in [1.82, 2.24) is 15.1 Å². The molecule has 43 heavy (non-hydrogen) atoms. The summed E-state index contributed by atoms with van der Waals surface area (Å²) in [4.78, 5) is 19.5. The molecule has 222 valence electrons. The molecule has 1 amide bonds. The highest BCUT2D eigenvalue weighted by Crippen LogP contribution is 2.38. The fourth-order valence-corrected chi connectivity index (χ4v) is 5.16. The topological polar surface area (TPSA) is 109 Å². The van der Waals surface area contributed by atoms with E-state index in [-0.39, 0.29) is 23.7 Å². The molecule has 0 aliphatic carbocycles. The number of hydrogen-bond donors (Lipinski definition) is 0. The maximum atomic E-state index is 13.3. The van der Waals surface area contributed by atoms with Crippen molar-refractivity contribution in [2.45, 2.75) is 31.7 Å². The predicted molar refractivity (Wildman–Crippen MR) is 157 cm³/mol. The van der Waals surface area contributed by atoms with Crippen molar-refractivity contribution in [2.75, 3.05) is 34.0 Å². The summed E-state index contributed by atoms with van der Waals surface area (Å²) in [5, 5.41) is 8.22. The van der Waals surface area contributed by atoms with Crippen LogP contribution in [0.3, 0.4) is 0 Å². The standard InChI is InChI=1S/C32H31FN4O6/c1-39-26-12-9-21(31-36-35-30(43-31)20-7-10-22(33)11-8-20)16-28(26)41-14-3-4-15-42-29-18-25-24(17-27(29)40-2)32(38)37-13-5-6-23(37)19-34-25/h7-12,16-19,23H,3-6,13-15H2,1-2H3/t23-/m0/s1. The summed E-state index contributed by atoms with van der Waals surface area (Å²) in [7, 11) is 3.13. The summed E-state index contributed by atoms with van der Waals surface area (Å²) in [5.74, 6) is 2.39. The highest BCUT2D eigenvalue weighted by atomic mass is 19.1. The maximum absolute atomic E-state index is 13.3. The van der Waals surface area contributed by atoms with E-state index in [9.17, 15) is 9.18 Å². The Kier molecular flexibility index (Phi) is 8.21. The van der Waals surface area contributed by atoms with Crippen molar-refractivity contribution in [1.29, 1.82) is 0 Å². The molecular formula is C32H31FN4O6. The van der Waals surface area contributed by atoms with E-state index < -0.39 is 0 Å². The second-order valence-electron chi connectivity index (χ2n) is 10.2. The van der Waals surface area contributed by atoms with Crippen molar-refractivity contribution >= 4 is 17.8 Å². The maximum Gasteiger partial charge on any atom is 0.256 e. The number of amides is 1. The first-order chi connectivity index (χ1) is 21.0. The molecule has 11 heteroatoms. The number of aliphatic imine (C=N–C) groups is 1. The lowest BCUT2D eigenvalue weighted by Crippen LogP contribution is -2.35. The zero-order valence-corrected chi connectivity index (χ0v) is 23.9. The number of carbonyl (C=O) groups is 1. The summed E-state index contributed by atoms with van der Waals surface area (Å²) in [5.41, 5.74) is 2.41. The van der Waals surface area contributed by atoms with Gasteiger partial charge in [0.2, 0.25) is 11.8 Å². The first-order valence-corrected chi connectivity index (χ1v) is 14.1. The fraction of sp³-hybridized carbons (Fsp3) is 0.312. The summed E-state index contributed by atoms with van der Waals surface area (Å²) >= 11 is 0. The Morgan fingerprint density at radius 2 is 1.53 bits per heavy atom. The summed E-state index contributed by atoms with van der Waals surface area (Å²) in [6.45, 7) is 1.59. The number of nitrogens with zero attached hydrogens (tertiary/aromatic N) is 4. The van der Waals surface area contributed by atoms with Crippen LogP contribution in [0.5, 0.6) is 23.0 Å². The van der Waals surface area contributed by atoms with Crippen LogP contribution in [0.1, 0.15) is 36.0 Å². The first kappa shape index (κ1) is 28.2. The smallest absolute Gasteiger partial charge is 0.256 e. The molecule has 1 aromatic heterocycles. The molecule has 3 heterocycles. The third-order valence-electron chi connectivity index (χ3n) is 7.44. The zero-order valence-electron chi connectivity index (χ0n) is 23.9. The average Bonchev–Trinajstić information content (AvgIpc) is 3.70. The van der Waals surface area contributed by atoms with E-state index in [1.54, 1.807) is 56.7 Å². The first-order valence-electron chi connectivity index (χ1n) is 14.1. The molecule has 2 aliphatic heterocycles. The minimum Gasteiger partial charge on any atom is -0.493 e. The van der Waals surface area contributed by atoms with E-state index in [1.165, 1.54) is 12.1 Å². The fourth-order valence-electron chi connectivity index (χ4n) is 5.16. The molecule has 2 aliphatic rings. The third kappa shape index (κ3) is 6.01. The van der Waals surface area contributed by atoms with Gasteiger partial charge in [-0.3, -0.25) is 9.79 Å². The highest BCUT2D eigenvalue weighted by molar-refractivity contribution is 6.03. The van der Waals surface area contributed by atoms with Crippen molar-refractivity contribution in [2.24, 2.45) is 4.99 Å². The van der Waals surface area contributed by atoms with Gasteiger partial charge in [0.25, 0.3) is 5.91 Å². The molecular weight excluding hydrogens is 555 g/mol. The number of fused-ring (bicyclic) bond motifs is 2. The second-order valence-corrected chi connectivity index (χ2v) is 10.2. The third-order valence-corrected chi connectivity index (χ3v) is 7.44. The summed E-state index contributed by atoms with van der Waals surface area (Å²) in [6, 6.07) is 14.7. The Balaban J connectivity index is 1.05. The number of methoxy groups -OCH3 is 2. The van der Waals surface area contributed by atoms with Gasteiger partial charge in [0.05, 0.1) is 44.7 Å². The Bertz CT molecular complexity index is 1640. The normalized spacial score (nSPS) is 15.6. The molecule has 0 bridgehead atoms. The number of halogens is 1. The number of rotatable bonds is 11. The molecule has 0 saturated carbocycles. The van der Waals surface area contributed by atoms with E-state index in [0.29, 0.717) is 77.3 Å². The molecule has 0 unspecified atom stereocenters. The van der Waals surface area contributed by atoms with E-state index >= 15 is 0 Å². The average molecular weight is 587 g/mol. The van der Waals surface area contributed by atoms with Crippen LogP contribution in [0.4, 0.5) is 10.1 Å². The Hall–Kier alpha value is -4.93. The van der Waals surface area contributed by atoms with Crippen LogP contribution >= 0.6 is 0 Å². The molecule has 1 atom stereocenters. The molecule has 6 rings (SSSR count). The van der Waals surface area contributed by atoms with E-state index in [2.05, 4.69) is 15.2 Å². The van der Waals surface area contributed by atoms with Gasteiger partial charge in [-0.1, -0.05) is 0 Å². The Morgan fingerprint density at radius 3 is 2.26 bits per heavy atom. The molecule has 0 spiro atoms. The van der Waals surface area contributed by atoms with Crippen LogP contribution in [0, 0.1) is 5.82 Å². The van der Waals surface area contributed by atoms with Crippen molar-refractivity contribution in [3.8, 4) is 45.9 Å². The lowest BCUT2D eigenvalue weighted by Gasteiger charge is -2.20. The van der Waals surface area contributed by atoms with E-state index in [0.717, 1.165) is 19.4 Å². The molecule has 4 aromatic rings. The minimum absolute atomic E-state index is 0.0242. The minimum atomic E-state index is -0.339. The number of benzene rings is 3. The van der Waals surface area contributed by atoms with Crippen LogP contribution in [0.25, 0.3) is 22.9 Å². The quantitative estimate of drug-likeness (QED) is 0.194. The van der Waals surface area contributed by atoms with Gasteiger partial charge in [0, 0.05) is 30.0 Å². The molecule has 1 saturated heterocycles. The SMILES string of the molecule is COc1ccc(-c2nnc(-c3ccc(F)cc3)o2)cc1OCCCCOc1cc2c(cc1OC)C(=O)N1CCC[C@H]1C=N2. The van der Waals surface area contributed by atoms with E-state index in [4.69, 9.17) is 23.4 Å². The number of aromatic nitrogens is 2. The number of hydrogen-bond acceptors (Lipinski definition) is 9. The largest absolute Gasteiger partial charge is 0.493 e. The predicted octanol–water partition coefficient (Wildman–Crippen LogP) is 6.12. The van der Waals surface area contributed by atoms with Gasteiger partial charge in [-0.2, -0.15) is 0 Å². The Labute approximate surface area is 248 Å². The number of ether oxygens (including phenoxy) is 4. The van der Waals surface area contributed by atoms with Gasteiger partial charge in [-0.05, 0) is 74.2 Å². The van der Waals surface area contributed by atoms with Crippen LogP contribution in [0.2, 0.25) is 0 Å².